The van der Waals surface area contributed by atoms with E-state index in [1.54, 1.807) is 12.1 Å². The van der Waals surface area contributed by atoms with Crippen LogP contribution in [0.25, 0.3) is 0 Å². The fourth-order valence-electron chi connectivity index (χ4n) is 2.91. The van der Waals surface area contributed by atoms with E-state index in [0.717, 1.165) is 24.4 Å². The second-order valence-electron chi connectivity index (χ2n) is 5.62. The molecule has 2 rings (SSSR count). The van der Waals surface area contributed by atoms with Crippen LogP contribution in [-0.4, -0.2) is 37.1 Å². The van der Waals surface area contributed by atoms with Crippen molar-refractivity contribution in [2.24, 2.45) is 5.73 Å². The molecule has 1 saturated carbocycles. The number of aryl methyl sites for hydroxylation is 1. The first kappa shape index (κ1) is 14.8. The van der Waals surface area contributed by atoms with Gasteiger partial charge in [0.2, 0.25) is 5.91 Å². The maximum atomic E-state index is 11.4. The zero-order valence-corrected chi connectivity index (χ0v) is 12.5. The molecular formula is C15H24N4O. The molecule has 0 unspecified atom stereocenters. The standard InChI is InChI=1S/C15H24N4O/c1-10-8-11(15(16)20)9-14(18-10)19(3)13-6-4-12(17-2)5-7-13/h8-9,12-13,17H,4-7H2,1-3H3,(H2,16,20). The van der Waals surface area contributed by atoms with E-state index in [4.69, 9.17) is 5.73 Å². The molecule has 0 saturated heterocycles. The number of carbonyl (C=O) groups is 1. The average Bonchev–Trinajstić information content (AvgIpc) is 2.46. The molecule has 3 N–H and O–H groups in total. The first-order valence-electron chi connectivity index (χ1n) is 7.20. The van der Waals surface area contributed by atoms with Crippen LogP contribution in [0.3, 0.4) is 0 Å². The third-order valence-corrected chi connectivity index (χ3v) is 4.24. The summed E-state index contributed by atoms with van der Waals surface area (Å²) in [6.07, 6.45) is 4.65. The Bertz CT molecular complexity index is 481. The molecule has 1 amide bonds. The van der Waals surface area contributed by atoms with Crippen LogP contribution >= 0.6 is 0 Å². The van der Waals surface area contributed by atoms with Crippen molar-refractivity contribution in [2.75, 3.05) is 19.0 Å². The van der Waals surface area contributed by atoms with E-state index < -0.39 is 5.91 Å². The van der Waals surface area contributed by atoms with E-state index in [-0.39, 0.29) is 0 Å². The third kappa shape index (κ3) is 3.28. The Balaban J connectivity index is 2.13. The Morgan fingerprint density at radius 2 is 2.00 bits per heavy atom. The molecule has 1 aromatic heterocycles. The van der Waals surface area contributed by atoms with Gasteiger partial charge in [0, 0.05) is 30.4 Å². The first-order chi connectivity index (χ1) is 9.51. The van der Waals surface area contributed by atoms with Crippen molar-refractivity contribution in [3.63, 3.8) is 0 Å². The van der Waals surface area contributed by atoms with E-state index in [0.29, 0.717) is 17.6 Å². The summed E-state index contributed by atoms with van der Waals surface area (Å²) >= 11 is 0. The number of nitrogens with two attached hydrogens (primary N) is 1. The number of hydrogen-bond donors (Lipinski definition) is 2. The fraction of sp³-hybridized carbons (Fsp3) is 0.600. The number of nitrogens with one attached hydrogen (secondary N) is 1. The van der Waals surface area contributed by atoms with Crippen molar-refractivity contribution in [1.29, 1.82) is 0 Å². The van der Waals surface area contributed by atoms with Crippen LogP contribution in [0.5, 0.6) is 0 Å². The molecule has 0 radical (unpaired) electrons. The van der Waals surface area contributed by atoms with Gasteiger partial charge in [0.25, 0.3) is 0 Å². The summed E-state index contributed by atoms with van der Waals surface area (Å²) in [5.74, 6) is 0.441. The lowest BCUT2D eigenvalue weighted by atomic mass is 9.90. The molecule has 1 aromatic rings. The number of rotatable bonds is 4. The number of primary amides is 1. The Hall–Kier alpha value is -1.62. The maximum Gasteiger partial charge on any atom is 0.248 e. The number of nitrogens with zero attached hydrogens (tertiary/aromatic N) is 2. The Morgan fingerprint density at radius 1 is 1.35 bits per heavy atom. The summed E-state index contributed by atoms with van der Waals surface area (Å²) < 4.78 is 0. The molecular weight excluding hydrogens is 252 g/mol. The lowest BCUT2D eigenvalue weighted by Gasteiger charge is -2.35. The number of pyridine rings is 1. The second-order valence-corrected chi connectivity index (χ2v) is 5.62. The van der Waals surface area contributed by atoms with Gasteiger partial charge in [0.1, 0.15) is 5.82 Å². The number of carbonyl (C=O) groups excluding carboxylic acids is 1. The number of amides is 1. The second kappa shape index (κ2) is 6.22. The van der Waals surface area contributed by atoms with Crippen LogP contribution in [0, 0.1) is 6.92 Å². The fourth-order valence-corrected chi connectivity index (χ4v) is 2.91. The van der Waals surface area contributed by atoms with Crippen molar-refractivity contribution in [3.8, 4) is 0 Å². The minimum Gasteiger partial charge on any atom is -0.366 e. The van der Waals surface area contributed by atoms with E-state index in [2.05, 4.69) is 22.2 Å². The molecule has 0 aliphatic heterocycles. The van der Waals surface area contributed by atoms with Gasteiger partial charge in [0.15, 0.2) is 0 Å². The molecule has 0 aromatic carbocycles. The van der Waals surface area contributed by atoms with Gasteiger partial charge in [-0.1, -0.05) is 0 Å². The van der Waals surface area contributed by atoms with E-state index >= 15 is 0 Å². The Labute approximate surface area is 120 Å². The largest absolute Gasteiger partial charge is 0.366 e. The molecule has 1 heterocycles. The first-order valence-corrected chi connectivity index (χ1v) is 7.20. The minimum atomic E-state index is -0.399. The molecule has 20 heavy (non-hydrogen) atoms. The number of aromatic nitrogens is 1. The average molecular weight is 276 g/mol. The quantitative estimate of drug-likeness (QED) is 0.873. The third-order valence-electron chi connectivity index (χ3n) is 4.24. The molecule has 0 bridgehead atoms. The zero-order valence-electron chi connectivity index (χ0n) is 12.5. The Kier molecular flexibility index (Phi) is 4.60. The van der Waals surface area contributed by atoms with E-state index in [1.807, 2.05) is 14.0 Å². The highest BCUT2D eigenvalue weighted by atomic mass is 16.1. The van der Waals surface area contributed by atoms with E-state index in [9.17, 15) is 4.79 Å². The lowest BCUT2D eigenvalue weighted by molar-refractivity contribution is 0.1000. The molecule has 1 aliphatic rings. The number of hydrogen-bond acceptors (Lipinski definition) is 4. The predicted octanol–water partition coefficient (Wildman–Crippen LogP) is 1.46. The highest BCUT2D eigenvalue weighted by Gasteiger charge is 2.24. The van der Waals surface area contributed by atoms with E-state index in [1.165, 1.54) is 12.8 Å². The van der Waals surface area contributed by atoms with Crippen molar-refractivity contribution < 1.29 is 4.79 Å². The molecule has 5 nitrogen and oxygen atoms in total. The van der Waals surface area contributed by atoms with Gasteiger partial charge >= 0.3 is 0 Å². The smallest absolute Gasteiger partial charge is 0.248 e. The van der Waals surface area contributed by atoms with Gasteiger partial charge in [-0.25, -0.2) is 4.98 Å². The van der Waals surface area contributed by atoms with Gasteiger partial charge in [-0.15, -0.1) is 0 Å². The zero-order chi connectivity index (χ0) is 14.7. The van der Waals surface area contributed by atoms with Gasteiger partial charge < -0.3 is 16.0 Å². The summed E-state index contributed by atoms with van der Waals surface area (Å²) in [5.41, 5.74) is 6.73. The van der Waals surface area contributed by atoms with Crippen LogP contribution in [-0.2, 0) is 0 Å². The highest BCUT2D eigenvalue weighted by molar-refractivity contribution is 5.93. The number of anilines is 1. The van der Waals surface area contributed by atoms with Gasteiger partial charge in [0.05, 0.1) is 0 Å². The summed E-state index contributed by atoms with van der Waals surface area (Å²) in [4.78, 5) is 18.1. The van der Waals surface area contributed by atoms with Crippen LogP contribution in [0.4, 0.5) is 5.82 Å². The maximum absolute atomic E-state index is 11.4. The molecule has 1 fully saturated rings. The van der Waals surface area contributed by atoms with Crippen LogP contribution < -0.4 is 16.0 Å². The minimum absolute atomic E-state index is 0.399. The van der Waals surface area contributed by atoms with Crippen LogP contribution in [0.2, 0.25) is 0 Å². The van der Waals surface area contributed by atoms with Gasteiger partial charge in [-0.3, -0.25) is 4.79 Å². The van der Waals surface area contributed by atoms with Gasteiger partial charge in [-0.05, 0) is 51.8 Å². The predicted molar refractivity (Wildman–Crippen MR) is 81.0 cm³/mol. The molecule has 110 valence electrons. The molecule has 1 aliphatic carbocycles. The lowest BCUT2D eigenvalue weighted by Crippen LogP contribution is -2.40. The summed E-state index contributed by atoms with van der Waals surface area (Å²) in [7, 11) is 4.08. The van der Waals surface area contributed by atoms with Crippen molar-refractivity contribution in [1.82, 2.24) is 10.3 Å². The monoisotopic (exact) mass is 276 g/mol. The normalized spacial score (nSPS) is 22.6. The van der Waals surface area contributed by atoms with Gasteiger partial charge in [-0.2, -0.15) is 0 Å². The molecule has 5 heteroatoms. The van der Waals surface area contributed by atoms with Crippen molar-refractivity contribution >= 4 is 11.7 Å². The summed E-state index contributed by atoms with van der Waals surface area (Å²) in [5, 5.41) is 3.34. The molecule has 0 spiro atoms. The topological polar surface area (TPSA) is 71.2 Å². The molecule has 0 atom stereocenters. The Morgan fingerprint density at radius 3 is 2.55 bits per heavy atom. The summed E-state index contributed by atoms with van der Waals surface area (Å²) in [6, 6.07) is 4.64. The van der Waals surface area contributed by atoms with Crippen LogP contribution in [0.15, 0.2) is 12.1 Å². The van der Waals surface area contributed by atoms with Crippen LogP contribution in [0.1, 0.15) is 41.7 Å². The highest BCUT2D eigenvalue weighted by Crippen LogP contribution is 2.26. The SMILES string of the molecule is CNC1CCC(N(C)c2cc(C(N)=O)cc(C)n2)CC1. The van der Waals surface area contributed by atoms with Crippen molar-refractivity contribution in [2.45, 2.75) is 44.7 Å². The summed E-state index contributed by atoms with van der Waals surface area (Å²) in [6.45, 7) is 1.89. The van der Waals surface area contributed by atoms with Crippen molar-refractivity contribution in [3.05, 3.63) is 23.4 Å².